The van der Waals surface area contributed by atoms with Gasteiger partial charge in [0.2, 0.25) is 0 Å². The molecule has 8 nitrogen and oxygen atoms in total. The first-order chi connectivity index (χ1) is 15.1. The van der Waals surface area contributed by atoms with Crippen LogP contribution in [-0.4, -0.2) is 47.0 Å². The minimum absolute atomic E-state index is 0.183. The van der Waals surface area contributed by atoms with E-state index in [4.69, 9.17) is 4.74 Å². The SMILES string of the molecule is O=C(Nc1cccc(Cn2nc(Nc3cccc(F)c3)ccc2=O)c1)N1CCOCC1. The lowest BCUT2D eigenvalue weighted by atomic mass is 10.2. The molecule has 9 heteroatoms. The number of urea groups is 1. The molecule has 0 spiro atoms. The summed E-state index contributed by atoms with van der Waals surface area (Å²) in [5.41, 5.74) is 1.70. The highest BCUT2D eigenvalue weighted by atomic mass is 19.1. The second-order valence-electron chi connectivity index (χ2n) is 7.08. The number of ether oxygens (including phenoxy) is 1. The van der Waals surface area contributed by atoms with Gasteiger partial charge < -0.3 is 20.3 Å². The van der Waals surface area contributed by atoms with Crippen LogP contribution in [0.5, 0.6) is 0 Å². The van der Waals surface area contributed by atoms with E-state index in [2.05, 4.69) is 15.7 Å². The Morgan fingerprint density at radius 2 is 1.81 bits per heavy atom. The van der Waals surface area contributed by atoms with Crippen molar-refractivity contribution in [3.63, 3.8) is 0 Å². The molecule has 3 aromatic rings. The minimum Gasteiger partial charge on any atom is -0.378 e. The Morgan fingerprint density at radius 3 is 2.61 bits per heavy atom. The first-order valence-electron chi connectivity index (χ1n) is 9.90. The summed E-state index contributed by atoms with van der Waals surface area (Å²) < 4.78 is 20.0. The number of rotatable bonds is 5. The molecule has 1 aliphatic heterocycles. The topological polar surface area (TPSA) is 88.5 Å². The summed E-state index contributed by atoms with van der Waals surface area (Å²) in [7, 11) is 0. The zero-order chi connectivity index (χ0) is 21.6. The van der Waals surface area contributed by atoms with E-state index in [9.17, 15) is 14.0 Å². The third-order valence-corrected chi connectivity index (χ3v) is 4.77. The van der Waals surface area contributed by atoms with Crippen molar-refractivity contribution in [2.45, 2.75) is 6.54 Å². The number of nitrogens with zero attached hydrogens (tertiary/aromatic N) is 3. The molecule has 0 radical (unpaired) electrons. The summed E-state index contributed by atoms with van der Waals surface area (Å²) in [6.07, 6.45) is 0. The average molecular weight is 423 g/mol. The van der Waals surface area contributed by atoms with Gasteiger partial charge in [-0.15, -0.1) is 0 Å². The fraction of sp³-hybridized carbons (Fsp3) is 0.227. The predicted octanol–water partition coefficient (Wildman–Crippen LogP) is 3.04. The second kappa shape index (κ2) is 9.40. The Labute approximate surface area is 178 Å². The molecule has 1 aromatic heterocycles. The Balaban J connectivity index is 1.46. The molecule has 2 N–H and O–H groups in total. The number of halogens is 1. The van der Waals surface area contributed by atoms with E-state index in [0.29, 0.717) is 43.5 Å². The van der Waals surface area contributed by atoms with Gasteiger partial charge >= 0.3 is 6.03 Å². The van der Waals surface area contributed by atoms with E-state index in [0.717, 1.165) is 5.56 Å². The minimum atomic E-state index is -0.366. The lowest BCUT2D eigenvalue weighted by molar-refractivity contribution is 0.0564. The fourth-order valence-corrected chi connectivity index (χ4v) is 3.23. The Morgan fingerprint density at radius 1 is 1.03 bits per heavy atom. The van der Waals surface area contributed by atoms with Crippen molar-refractivity contribution in [2.24, 2.45) is 0 Å². The van der Waals surface area contributed by atoms with Gasteiger partial charge in [0.15, 0.2) is 5.82 Å². The van der Waals surface area contributed by atoms with Gasteiger partial charge in [0.25, 0.3) is 5.56 Å². The molecule has 0 aliphatic carbocycles. The number of aromatic nitrogens is 2. The first kappa shape index (κ1) is 20.5. The number of carbonyl (C=O) groups excluding carboxylic acids is 1. The average Bonchev–Trinajstić information content (AvgIpc) is 2.77. The van der Waals surface area contributed by atoms with Crippen LogP contribution >= 0.6 is 0 Å². The fourth-order valence-electron chi connectivity index (χ4n) is 3.23. The van der Waals surface area contributed by atoms with Crippen LogP contribution in [0, 0.1) is 5.82 Å². The van der Waals surface area contributed by atoms with Gasteiger partial charge in [0.1, 0.15) is 5.82 Å². The molecule has 0 atom stereocenters. The van der Waals surface area contributed by atoms with Gasteiger partial charge in [-0.2, -0.15) is 5.10 Å². The summed E-state index contributed by atoms with van der Waals surface area (Å²) in [6.45, 7) is 2.38. The van der Waals surface area contributed by atoms with Gasteiger partial charge in [-0.3, -0.25) is 4.79 Å². The van der Waals surface area contributed by atoms with Crippen molar-refractivity contribution in [3.8, 4) is 0 Å². The van der Waals surface area contributed by atoms with E-state index in [1.165, 1.54) is 22.9 Å². The lowest BCUT2D eigenvalue weighted by Crippen LogP contribution is -2.43. The maximum atomic E-state index is 13.4. The van der Waals surface area contributed by atoms with Gasteiger partial charge in [0.05, 0.1) is 19.8 Å². The van der Waals surface area contributed by atoms with Crippen LogP contribution in [0.15, 0.2) is 65.5 Å². The molecule has 2 amide bonds. The molecule has 31 heavy (non-hydrogen) atoms. The quantitative estimate of drug-likeness (QED) is 0.659. The molecule has 1 saturated heterocycles. The van der Waals surface area contributed by atoms with Gasteiger partial charge in [0, 0.05) is 30.5 Å². The van der Waals surface area contributed by atoms with Gasteiger partial charge in [-0.05, 0) is 42.0 Å². The van der Waals surface area contributed by atoms with Gasteiger partial charge in [-0.25, -0.2) is 13.9 Å². The molecule has 160 valence electrons. The van der Waals surface area contributed by atoms with Crippen molar-refractivity contribution >= 4 is 23.2 Å². The maximum absolute atomic E-state index is 13.4. The molecule has 0 unspecified atom stereocenters. The van der Waals surface area contributed by atoms with Crippen LogP contribution < -0.4 is 16.2 Å². The van der Waals surface area contributed by atoms with E-state index < -0.39 is 0 Å². The normalized spacial score (nSPS) is 13.6. The number of amides is 2. The van der Waals surface area contributed by atoms with E-state index in [1.54, 1.807) is 35.2 Å². The van der Waals surface area contributed by atoms with Gasteiger partial charge in [-0.1, -0.05) is 18.2 Å². The molecule has 0 saturated carbocycles. The Bertz CT molecular complexity index is 1130. The van der Waals surface area contributed by atoms with Crippen LogP contribution in [0.2, 0.25) is 0 Å². The number of anilines is 3. The highest BCUT2D eigenvalue weighted by Crippen LogP contribution is 2.16. The molecular formula is C22H22FN5O3. The molecule has 1 fully saturated rings. The third kappa shape index (κ3) is 5.46. The Hall–Kier alpha value is -3.72. The molecule has 1 aliphatic rings. The van der Waals surface area contributed by atoms with Crippen LogP contribution in [0.3, 0.4) is 0 Å². The van der Waals surface area contributed by atoms with Crippen molar-refractivity contribution in [1.82, 2.24) is 14.7 Å². The molecule has 2 aromatic carbocycles. The summed E-state index contributed by atoms with van der Waals surface area (Å²) in [4.78, 5) is 26.4. The van der Waals surface area contributed by atoms with E-state index in [1.807, 2.05) is 12.1 Å². The largest absolute Gasteiger partial charge is 0.378 e. The zero-order valence-corrected chi connectivity index (χ0v) is 16.8. The summed E-state index contributed by atoms with van der Waals surface area (Å²) in [6, 6.07) is 16.0. The molecule has 4 rings (SSSR count). The Kier molecular flexibility index (Phi) is 6.23. The number of nitrogens with one attached hydrogen (secondary N) is 2. The number of benzene rings is 2. The standard InChI is InChI=1S/C22H22FN5O3/c23-17-4-2-6-19(14-17)24-20-7-8-21(29)28(26-20)15-16-3-1-5-18(13-16)25-22(30)27-9-11-31-12-10-27/h1-8,13-14H,9-12,15H2,(H,24,26)(H,25,30). The van der Waals surface area contributed by atoms with Crippen LogP contribution in [-0.2, 0) is 11.3 Å². The van der Waals surface area contributed by atoms with Crippen LogP contribution in [0.4, 0.5) is 26.4 Å². The van der Waals surface area contributed by atoms with Crippen LogP contribution in [0.1, 0.15) is 5.56 Å². The summed E-state index contributed by atoms with van der Waals surface area (Å²) >= 11 is 0. The van der Waals surface area contributed by atoms with Crippen molar-refractivity contribution < 1.29 is 13.9 Å². The van der Waals surface area contributed by atoms with E-state index in [-0.39, 0.29) is 24.0 Å². The predicted molar refractivity (Wildman–Crippen MR) is 115 cm³/mol. The van der Waals surface area contributed by atoms with Crippen molar-refractivity contribution in [1.29, 1.82) is 0 Å². The van der Waals surface area contributed by atoms with Crippen molar-refractivity contribution in [3.05, 3.63) is 82.4 Å². The third-order valence-electron chi connectivity index (χ3n) is 4.77. The highest BCUT2D eigenvalue weighted by molar-refractivity contribution is 5.89. The molecule has 2 heterocycles. The smallest absolute Gasteiger partial charge is 0.321 e. The molecule has 0 bridgehead atoms. The summed E-state index contributed by atoms with van der Waals surface area (Å²) in [5.74, 6) is 0.0521. The van der Waals surface area contributed by atoms with Crippen molar-refractivity contribution in [2.75, 3.05) is 36.9 Å². The number of morpholine rings is 1. The number of hydrogen-bond donors (Lipinski definition) is 2. The second-order valence-corrected chi connectivity index (χ2v) is 7.08. The number of hydrogen-bond acceptors (Lipinski definition) is 5. The van der Waals surface area contributed by atoms with E-state index >= 15 is 0 Å². The first-order valence-corrected chi connectivity index (χ1v) is 9.90. The molecular weight excluding hydrogens is 401 g/mol. The summed E-state index contributed by atoms with van der Waals surface area (Å²) in [5, 5.41) is 10.2. The maximum Gasteiger partial charge on any atom is 0.321 e. The van der Waals surface area contributed by atoms with Crippen LogP contribution in [0.25, 0.3) is 0 Å². The lowest BCUT2D eigenvalue weighted by Gasteiger charge is -2.27. The highest BCUT2D eigenvalue weighted by Gasteiger charge is 2.16. The number of carbonyl (C=O) groups is 1. The monoisotopic (exact) mass is 423 g/mol. The zero-order valence-electron chi connectivity index (χ0n) is 16.8.